The van der Waals surface area contributed by atoms with Crippen molar-refractivity contribution in [3.05, 3.63) is 0 Å². The molecule has 0 rings (SSSR count). The third kappa shape index (κ3) is 15.5. The largest absolute Gasteiger partial charge is 0.348 e. The van der Waals surface area contributed by atoms with Crippen LogP contribution in [0.4, 0.5) is 0 Å². The van der Waals surface area contributed by atoms with Crippen LogP contribution in [0.5, 0.6) is 0 Å². The molecule has 0 bridgehead atoms. The lowest BCUT2D eigenvalue weighted by molar-refractivity contribution is -0.425. The van der Waals surface area contributed by atoms with Gasteiger partial charge in [0.05, 0.1) is 0 Å². The molecular formula is C32H66O7. The van der Waals surface area contributed by atoms with Gasteiger partial charge in [0.2, 0.25) is 24.2 Å². The second kappa shape index (κ2) is 25.4. The molecule has 0 spiro atoms. The van der Waals surface area contributed by atoms with Gasteiger partial charge in [-0.3, -0.25) is 0 Å². The third-order valence-corrected chi connectivity index (χ3v) is 6.81. The smallest absolute Gasteiger partial charge is 0.220 e. The molecular weight excluding hydrogens is 496 g/mol. The van der Waals surface area contributed by atoms with Gasteiger partial charge in [0.15, 0.2) is 0 Å². The number of rotatable bonds is 30. The molecule has 0 amide bonds. The Morgan fingerprint density at radius 1 is 0.410 bits per heavy atom. The van der Waals surface area contributed by atoms with Crippen molar-refractivity contribution in [3.63, 3.8) is 0 Å². The molecule has 0 fully saturated rings. The highest BCUT2D eigenvalue weighted by Gasteiger charge is 2.50. The molecule has 2 atom stereocenters. The lowest BCUT2D eigenvalue weighted by Crippen LogP contribution is -2.57. The van der Waals surface area contributed by atoms with Crippen LogP contribution in [0.1, 0.15) is 145 Å². The summed E-state index contributed by atoms with van der Waals surface area (Å²) < 4.78 is 45.4. The van der Waals surface area contributed by atoms with E-state index < -0.39 is 24.2 Å². The van der Waals surface area contributed by atoms with Crippen LogP contribution in [-0.4, -0.2) is 63.8 Å². The Kier molecular flexibility index (Phi) is 25.2. The van der Waals surface area contributed by atoms with Crippen molar-refractivity contribution in [1.82, 2.24) is 0 Å². The second-order valence-electron chi connectivity index (χ2n) is 10.2. The summed E-state index contributed by atoms with van der Waals surface area (Å²) in [4.78, 5) is 0. The van der Waals surface area contributed by atoms with Crippen molar-refractivity contribution in [2.75, 3.05) is 39.6 Å². The van der Waals surface area contributed by atoms with Crippen LogP contribution in [0.3, 0.4) is 0 Å². The first-order chi connectivity index (χ1) is 19.0. The fourth-order valence-electron chi connectivity index (χ4n) is 4.78. The Labute approximate surface area is 242 Å². The maximum atomic E-state index is 6.85. The molecule has 2 unspecified atom stereocenters. The topological polar surface area (TPSA) is 64.6 Å². The van der Waals surface area contributed by atoms with Gasteiger partial charge in [-0.1, -0.05) is 79.1 Å². The maximum Gasteiger partial charge on any atom is 0.220 e. The van der Waals surface area contributed by atoms with Crippen LogP contribution in [0.25, 0.3) is 0 Å². The number of unbranched alkanes of at least 4 members (excludes halogenated alkanes) is 8. The third-order valence-electron chi connectivity index (χ3n) is 6.81. The minimum absolute atomic E-state index is 0.491. The summed E-state index contributed by atoms with van der Waals surface area (Å²) in [6.07, 6.45) is 12.5. The van der Waals surface area contributed by atoms with E-state index in [1.165, 1.54) is 25.7 Å². The molecule has 0 N–H and O–H groups in total. The van der Waals surface area contributed by atoms with E-state index in [0.29, 0.717) is 52.5 Å². The number of hydrogen-bond donors (Lipinski definition) is 0. The predicted octanol–water partition coefficient (Wildman–Crippen LogP) is 8.77. The van der Waals surface area contributed by atoms with Gasteiger partial charge in [-0.2, -0.15) is 0 Å². The Morgan fingerprint density at radius 3 is 1.03 bits per heavy atom. The maximum absolute atomic E-state index is 6.85. The second-order valence-corrected chi connectivity index (χ2v) is 10.2. The number of ether oxygens (including phenoxy) is 7. The molecule has 7 heteroatoms. The molecule has 7 nitrogen and oxygen atoms in total. The van der Waals surface area contributed by atoms with Gasteiger partial charge in [0.25, 0.3) is 0 Å². The van der Waals surface area contributed by atoms with Gasteiger partial charge in [-0.15, -0.1) is 0 Å². The quantitative estimate of drug-likeness (QED) is 0.0640. The highest BCUT2D eigenvalue weighted by Crippen LogP contribution is 2.35. The van der Waals surface area contributed by atoms with Crippen molar-refractivity contribution in [3.8, 4) is 0 Å². The van der Waals surface area contributed by atoms with E-state index in [1.54, 1.807) is 0 Å². The van der Waals surface area contributed by atoms with Gasteiger partial charge in [-0.25, -0.2) is 0 Å². The lowest BCUT2D eigenvalue weighted by atomic mass is 10.0. The molecule has 0 aliphatic rings. The van der Waals surface area contributed by atoms with E-state index >= 15 is 0 Å². The first-order valence-corrected chi connectivity index (χ1v) is 16.4. The van der Waals surface area contributed by atoms with E-state index in [9.17, 15) is 0 Å². The van der Waals surface area contributed by atoms with Crippen LogP contribution in [0.15, 0.2) is 0 Å². The minimum Gasteiger partial charge on any atom is -0.348 e. The van der Waals surface area contributed by atoms with Gasteiger partial charge >= 0.3 is 0 Å². The Bertz CT molecular complexity index is 461. The zero-order chi connectivity index (χ0) is 29.2. The number of hydrogen-bond acceptors (Lipinski definition) is 7. The van der Waals surface area contributed by atoms with Gasteiger partial charge in [-0.05, 0) is 53.4 Å². The van der Waals surface area contributed by atoms with Crippen molar-refractivity contribution in [2.45, 2.75) is 169 Å². The summed E-state index contributed by atoms with van der Waals surface area (Å²) in [6.45, 7) is 19.8. The fourth-order valence-corrected chi connectivity index (χ4v) is 4.78. The van der Waals surface area contributed by atoms with Crippen molar-refractivity contribution in [1.29, 1.82) is 0 Å². The average molecular weight is 563 g/mol. The molecule has 0 aliphatic carbocycles. The van der Waals surface area contributed by atoms with Crippen LogP contribution >= 0.6 is 0 Å². The first-order valence-electron chi connectivity index (χ1n) is 16.4. The molecule has 0 saturated carbocycles. The molecule has 39 heavy (non-hydrogen) atoms. The van der Waals surface area contributed by atoms with Crippen molar-refractivity contribution >= 4 is 0 Å². The van der Waals surface area contributed by atoms with Crippen LogP contribution in [0.2, 0.25) is 0 Å². The SMILES string of the molecule is CCCCCCC(OCC)(OCC)C(OCCCC)OC(OCCCC)C(CCCCCC)(OCC)OCC. The van der Waals surface area contributed by atoms with Crippen molar-refractivity contribution in [2.24, 2.45) is 0 Å². The summed E-state index contributed by atoms with van der Waals surface area (Å²) in [5.74, 6) is -2.08. The highest BCUT2D eigenvalue weighted by atomic mass is 16.8. The average Bonchev–Trinajstić information content (AvgIpc) is 2.92. The Hall–Kier alpha value is -0.280. The Balaban J connectivity index is 6.45. The Morgan fingerprint density at radius 2 is 0.744 bits per heavy atom. The van der Waals surface area contributed by atoms with Crippen LogP contribution in [0, 0.1) is 0 Å². The molecule has 0 aromatic rings. The summed E-state index contributed by atoms with van der Waals surface area (Å²) in [6, 6.07) is 0. The first kappa shape index (κ1) is 38.7. The van der Waals surface area contributed by atoms with Crippen LogP contribution in [-0.2, 0) is 33.2 Å². The molecule has 0 radical (unpaired) electrons. The molecule has 236 valence electrons. The van der Waals surface area contributed by atoms with Crippen molar-refractivity contribution < 1.29 is 33.2 Å². The van der Waals surface area contributed by atoms with Gasteiger partial charge < -0.3 is 33.2 Å². The lowest BCUT2D eigenvalue weighted by Gasteiger charge is -2.45. The summed E-state index contributed by atoms with van der Waals surface area (Å²) in [5.41, 5.74) is 0. The van der Waals surface area contributed by atoms with Gasteiger partial charge in [0.1, 0.15) is 0 Å². The molecule has 0 aromatic carbocycles. The predicted molar refractivity (Wildman–Crippen MR) is 160 cm³/mol. The van der Waals surface area contributed by atoms with Crippen LogP contribution < -0.4 is 0 Å². The standard InChI is InChI=1S/C32H66O7/c1-9-17-21-23-25-31(35-13-5,36-14-6)29(33-27-19-11-3)39-30(34-28-20-12-4)32(37-15-7,38-16-8)26-24-22-18-10-2/h29-30H,9-28H2,1-8H3. The van der Waals surface area contributed by atoms with Gasteiger partial charge in [0, 0.05) is 52.5 Å². The van der Waals surface area contributed by atoms with E-state index in [1.807, 2.05) is 27.7 Å². The summed E-state index contributed by atoms with van der Waals surface area (Å²) in [7, 11) is 0. The summed E-state index contributed by atoms with van der Waals surface area (Å²) >= 11 is 0. The molecule has 0 saturated heterocycles. The fraction of sp³-hybridized carbons (Fsp3) is 1.00. The normalized spacial score (nSPS) is 14.2. The summed E-state index contributed by atoms with van der Waals surface area (Å²) in [5, 5.41) is 0. The zero-order valence-corrected chi connectivity index (χ0v) is 27.2. The molecule has 0 aliphatic heterocycles. The molecule has 0 aromatic heterocycles. The van der Waals surface area contributed by atoms with E-state index in [-0.39, 0.29) is 0 Å². The highest BCUT2D eigenvalue weighted by molar-refractivity contribution is 4.81. The zero-order valence-electron chi connectivity index (χ0n) is 27.2. The minimum atomic E-state index is -1.04. The monoisotopic (exact) mass is 562 g/mol. The van der Waals surface area contributed by atoms with E-state index in [0.717, 1.165) is 51.4 Å². The van der Waals surface area contributed by atoms with E-state index in [2.05, 4.69) is 27.7 Å². The van der Waals surface area contributed by atoms with E-state index in [4.69, 9.17) is 33.2 Å². The molecule has 0 heterocycles.